The van der Waals surface area contributed by atoms with Gasteiger partial charge in [-0.05, 0) is 24.6 Å². The highest BCUT2D eigenvalue weighted by atomic mass is 16.5. The summed E-state index contributed by atoms with van der Waals surface area (Å²) >= 11 is 0. The first-order chi connectivity index (χ1) is 12.1. The third-order valence-electron chi connectivity index (χ3n) is 3.69. The molecular formula is C19H18N2O4. The molecule has 0 saturated carbocycles. The summed E-state index contributed by atoms with van der Waals surface area (Å²) in [5.74, 6) is 0.118. The zero-order valence-electron chi connectivity index (χ0n) is 14.0. The van der Waals surface area contributed by atoms with Crippen LogP contribution >= 0.6 is 0 Å². The Labute approximate surface area is 144 Å². The van der Waals surface area contributed by atoms with Gasteiger partial charge in [0.15, 0.2) is 5.69 Å². The van der Waals surface area contributed by atoms with Crippen LogP contribution in [0.3, 0.4) is 0 Å². The van der Waals surface area contributed by atoms with Crippen LogP contribution in [-0.2, 0) is 7.05 Å². The molecular weight excluding hydrogens is 320 g/mol. The Morgan fingerprint density at radius 3 is 2.52 bits per heavy atom. The molecule has 3 rings (SSSR count). The molecule has 2 aromatic carbocycles. The Morgan fingerprint density at radius 2 is 1.80 bits per heavy atom. The third-order valence-corrected chi connectivity index (χ3v) is 3.69. The predicted molar refractivity (Wildman–Crippen MR) is 94.9 cm³/mol. The summed E-state index contributed by atoms with van der Waals surface area (Å²) in [7, 11) is 1.53. The van der Waals surface area contributed by atoms with E-state index < -0.39 is 11.5 Å². The lowest BCUT2D eigenvalue weighted by atomic mass is 10.1. The van der Waals surface area contributed by atoms with Crippen molar-refractivity contribution in [1.82, 2.24) is 4.74 Å². The number of hydrogen-bond donors (Lipinski definition) is 1. The van der Waals surface area contributed by atoms with Gasteiger partial charge in [0.1, 0.15) is 11.3 Å². The summed E-state index contributed by atoms with van der Waals surface area (Å²) in [5, 5.41) is 2.79. The summed E-state index contributed by atoms with van der Waals surface area (Å²) in [6.45, 7) is 2.35. The smallest absolute Gasteiger partial charge is 0.366 e. The molecule has 0 aliphatic carbocycles. The van der Waals surface area contributed by atoms with Crippen molar-refractivity contribution in [2.45, 2.75) is 6.92 Å². The molecule has 1 heterocycles. The molecule has 6 nitrogen and oxygen atoms in total. The quantitative estimate of drug-likeness (QED) is 0.775. The van der Waals surface area contributed by atoms with Crippen LogP contribution in [0.1, 0.15) is 17.4 Å². The fraction of sp³-hybridized carbons (Fsp3) is 0.158. The van der Waals surface area contributed by atoms with Crippen LogP contribution in [-0.4, -0.2) is 17.3 Å². The number of amides is 1. The van der Waals surface area contributed by atoms with E-state index in [1.165, 1.54) is 11.8 Å². The molecule has 3 aromatic rings. The predicted octanol–water partition coefficient (Wildman–Crippen LogP) is 3.30. The van der Waals surface area contributed by atoms with Crippen molar-refractivity contribution in [3.05, 3.63) is 70.7 Å². The van der Waals surface area contributed by atoms with E-state index in [0.29, 0.717) is 23.6 Å². The highest BCUT2D eigenvalue weighted by Crippen LogP contribution is 2.26. The maximum Gasteiger partial charge on any atom is 0.366 e. The van der Waals surface area contributed by atoms with Gasteiger partial charge in [0.2, 0.25) is 0 Å². The summed E-state index contributed by atoms with van der Waals surface area (Å²) in [5.41, 5.74) is 0.982. The Bertz CT molecular complexity index is 942. The molecule has 1 aromatic heterocycles. The van der Waals surface area contributed by atoms with Crippen LogP contribution in [0.15, 0.2) is 63.9 Å². The van der Waals surface area contributed by atoms with Crippen LogP contribution in [0.2, 0.25) is 0 Å². The molecule has 0 fully saturated rings. The van der Waals surface area contributed by atoms with E-state index in [2.05, 4.69) is 5.32 Å². The number of aryl methyl sites for hydroxylation is 1. The minimum Gasteiger partial charge on any atom is -0.492 e. The molecule has 6 heteroatoms. The van der Waals surface area contributed by atoms with E-state index in [1.807, 2.05) is 19.1 Å². The maximum absolute atomic E-state index is 12.8. The van der Waals surface area contributed by atoms with Crippen molar-refractivity contribution in [2.75, 3.05) is 11.9 Å². The number of aromatic nitrogens is 1. The molecule has 0 spiro atoms. The van der Waals surface area contributed by atoms with Gasteiger partial charge in [-0.2, -0.15) is 0 Å². The molecule has 0 atom stereocenters. The van der Waals surface area contributed by atoms with Gasteiger partial charge in [0.05, 0.1) is 12.3 Å². The van der Waals surface area contributed by atoms with Crippen LogP contribution in [0.25, 0.3) is 11.1 Å². The molecule has 1 N–H and O–H groups in total. The van der Waals surface area contributed by atoms with E-state index >= 15 is 0 Å². The Kier molecular flexibility index (Phi) is 4.70. The van der Waals surface area contributed by atoms with Crippen LogP contribution in [0.4, 0.5) is 5.69 Å². The van der Waals surface area contributed by atoms with Gasteiger partial charge in [0, 0.05) is 7.05 Å². The number of hydrogen-bond acceptors (Lipinski definition) is 4. The normalized spacial score (nSPS) is 10.5. The average molecular weight is 338 g/mol. The zero-order chi connectivity index (χ0) is 17.8. The van der Waals surface area contributed by atoms with E-state index in [-0.39, 0.29) is 11.3 Å². The summed E-state index contributed by atoms with van der Waals surface area (Å²) < 4.78 is 11.8. The van der Waals surface area contributed by atoms with Gasteiger partial charge in [-0.15, -0.1) is 0 Å². The van der Waals surface area contributed by atoms with Crippen molar-refractivity contribution in [1.29, 1.82) is 0 Å². The van der Waals surface area contributed by atoms with Crippen LogP contribution in [0, 0.1) is 0 Å². The topological polar surface area (TPSA) is 73.5 Å². The van der Waals surface area contributed by atoms with E-state index in [0.717, 1.165) is 0 Å². The SMILES string of the molecule is CCOc1ccccc1NC(=O)c1c(-c2ccccc2)c(=O)on1C. The van der Waals surface area contributed by atoms with Gasteiger partial charge in [0.25, 0.3) is 5.91 Å². The van der Waals surface area contributed by atoms with E-state index in [9.17, 15) is 9.59 Å². The largest absolute Gasteiger partial charge is 0.492 e. The fourth-order valence-corrected chi connectivity index (χ4v) is 2.62. The number of para-hydroxylation sites is 2. The minimum absolute atomic E-state index is 0.155. The monoisotopic (exact) mass is 338 g/mol. The van der Waals surface area contributed by atoms with Gasteiger partial charge >= 0.3 is 5.63 Å². The first-order valence-corrected chi connectivity index (χ1v) is 7.90. The molecule has 1 amide bonds. The first kappa shape index (κ1) is 16.6. The Morgan fingerprint density at radius 1 is 1.12 bits per heavy atom. The van der Waals surface area contributed by atoms with Gasteiger partial charge < -0.3 is 14.6 Å². The lowest BCUT2D eigenvalue weighted by Crippen LogP contribution is -2.17. The number of rotatable bonds is 5. The number of carbonyl (C=O) groups is 1. The third kappa shape index (κ3) is 3.33. The number of ether oxygens (including phenoxy) is 1. The second kappa shape index (κ2) is 7.09. The molecule has 128 valence electrons. The lowest BCUT2D eigenvalue weighted by molar-refractivity contribution is 0.100. The number of nitrogens with zero attached hydrogens (tertiary/aromatic N) is 1. The van der Waals surface area contributed by atoms with Crippen molar-refractivity contribution in [2.24, 2.45) is 7.05 Å². The summed E-state index contributed by atoms with van der Waals surface area (Å²) in [6.07, 6.45) is 0. The van der Waals surface area contributed by atoms with Crippen LogP contribution < -0.4 is 15.7 Å². The van der Waals surface area contributed by atoms with Gasteiger partial charge in [-0.25, -0.2) is 9.53 Å². The standard InChI is InChI=1S/C19H18N2O4/c1-3-24-15-12-8-7-11-14(15)20-18(22)17-16(19(23)25-21(17)2)13-9-5-4-6-10-13/h4-12H,3H2,1-2H3,(H,20,22). The number of nitrogens with one attached hydrogen (secondary N) is 1. The Balaban J connectivity index is 2.01. The fourth-order valence-electron chi connectivity index (χ4n) is 2.62. The second-order valence-corrected chi connectivity index (χ2v) is 5.35. The van der Waals surface area contributed by atoms with Gasteiger partial charge in [-0.3, -0.25) is 4.79 Å². The highest BCUT2D eigenvalue weighted by Gasteiger charge is 2.24. The minimum atomic E-state index is -0.558. The molecule has 0 aliphatic heterocycles. The van der Waals surface area contributed by atoms with Crippen molar-refractivity contribution >= 4 is 11.6 Å². The molecule has 0 saturated heterocycles. The second-order valence-electron chi connectivity index (χ2n) is 5.35. The Hall–Kier alpha value is -3.28. The van der Waals surface area contributed by atoms with E-state index in [4.69, 9.17) is 9.26 Å². The van der Waals surface area contributed by atoms with Gasteiger partial charge in [-0.1, -0.05) is 42.5 Å². The van der Waals surface area contributed by atoms with Crippen LogP contribution in [0.5, 0.6) is 5.75 Å². The molecule has 0 unspecified atom stereocenters. The van der Waals surface area contributed by atoms with Crippen molar-refractivity contribution in [3.8, 4) is 16.9 Å². The van der Waals surface area contributed by atoms with Crippen molar-refractivity contribution in [3.63, 3.8) is 0 Å². The van der Waals surface area contributed by atoms with Crippen molar-refractivity contribution < 1.29 is 14.1 Å². The number of benzene rings is 2. The first-order valence-electron chi connectivity index (χ1n) is 7.90. The lowest BCUT2D eigenvalue weighted by Gasteiger charge is -2.11. The molecule has 0 aliphatic rings. The highest BCUT2D eigenvalue weighted by molar-refractivity contribution is 6.07. The maximum atomic E-state index is 12.8. The van der Waals surface area contributed by atoms with E-state index in [1.54, 1.807) is 42.5 Å². The molecule has 25 heavy (non-hydrogen) atoms. The average Bonchev–Trinajstić information content (AvgIpc) is 2.91. The zero-order valence-corrected chi connectivity index (χ0v) is 14.0. The summed E-state index contributed by atoms with van der Waals surface area (Å²) in [6, 6.07) is 16.1. The number of carbonyl (C=O) groups excluding carboxylic acids is 1. The summed E-state index contributed by atoms with van der Waals surface area (Å²) in [4.78, 5) is 25.0. The molecule has 0 radical (unpaired) electrons. The molecule has 0 bridgehead atoms. The number of anilines is 1.